The van der Waals surface area contributed by atoms with Crippen molar-refractivity contribution in [2.24, 2.45) is 0 Å². The first kappa shape index (κ1) is 17.3. The Morgan fingerprint density at radius 3 is 2.16 bits per heavy atom. The second-order valence-corrected chi connectivity index (χ2v) is 6.76. The first-order valence-electron chi connectivity index (χ1n) is 8.04. The molecule has 4 nitrogen and oxygen atoms in total. The molecule has 0 saturated heterocycles. The maximum atomic E-state index is 10.8. The molecule has 1 heterocycles. The number of aldehydes is 1. The minimum atomic E-state index is 0.699. The van der Waals surface area contributed by atoms with E-state index in [1.165, 1.54) is 11.1 Å². The van der Waals surface area contributed by atoms with Crippen LogP contribution in [0.5, 0.6) is 5.75 Å². The lowest BCUT2D eigenvalue weighted by atomic mass is 10.1. The Balaban J connectivity index is 1.74. The number of aromatic nitrogens is 1. The summed E-state index contributed by atoms with van der Waals surface area (Å²) in [5.74, 6) is 0.861. The van der Waals surface area contributed by atoms with Gasteiger partial charge in [-0.15, -0.1) is 11.3 Å². The molecule has 0 amide bonds. The Hall–Kier alpha value is -2.50. The Labute approximate surface area is 151 Å². The summed E-state index contributed by atoms with van der Waals surface area (Å²) in [6.45, 7) is 2.41. The molecular formula is C20H20N2O2S. The van der Waals surface area contributed by atoms with Gasteiger partial charge in [-0.1, -0.05) is 36.4 Å². The second kappa shape index (κ2) is 8.55. The van der Waals surface area contributed by atoms with Crippen LogP contribution in [0.3, 0.4) is 0 Å². The molecule has 0 aliphatic rings. The van der Waals surface area contributed by atoms with E-state index in [1.54, 1.807) is 18.4 Å². The van der Waals surface area contributed by atoms with E-state index in [9.17, 15) is 4.79 Å². The number of rotatable bonds is 8. The number of thiazole rings is 1. The van der Waals surface area contributed by atoms with Crippen molar-refractivity contribution in [3.05, 3.63) is 81.8 Å². The summed E-state index contributed by atoms with van der Waals surface area (Å²) < 4.78 is 5.23. The normalized spacial score (nSPS) is 10.8. The van der Waals surface area contributed by atoms with Crippen LogP contribution in [0, 0.1) is 0 Å². The lowest BCUT2D eigenvalue weighted by molar-refractivity contribution is 0.112. The van der Waals surface area contributed by atoms with Crippen LogP contribution in [-0.2, 0) is 19.6 Å². The fourth-order valence-electron chi connectivity index (χ4n) is 2.64. The molecule has 0 N–H and O–H groups in total. The average molecular weight is 352 g/mol. The highest BCUT2D eigenvalue weighted by Crippen LogP contribution is 2.18. The van der Waals surface area contributed by atoms with E-state index in [1.807, 2.05) is 48.0 Å². The Bertz CT molecular complexity index is 784. The highest BCUT2D eigenvalue weighted by atomic mass is 32.1. The van der Waals surface area contributed by atoms with E-state index in [0.29, 0.717) is 5.56 Å². The number of carbonyl (C=O) groups is 1. The predicted octanol–water partition coefficient (Wildman–Crippen LogP) is 4.17. The molecule has 0 fully saturated rings. The zero-order chi connectivity index (χ0) is 17.5. The number of hydrogen-bond donors (Lipinski definition) is 0. The van der Waals surface area contributed by atoms with Crippen molar-refractivity contribution in [1.82, 2.24) is 9.88 Å². The third-order valence-corrected chi connectivity index (χ3v) is 4.69. The molecule has 0 aliphatic carbocycles. The fourth-order valence-corrected chi connectivity index (χ4v) is 3.30. The van der Waals surface area contributed by atoms with Gasteiger partial charge >= 0.3 is 0 Å². The van der Waals surface area contributed by atoms with E-state index in [2.05, 4.69) is 22.0 Å². The van der Waals surface area contributed by atoms with Crippen LogP contribution in [0.25, 0.3) is 0 Å². The third kappa shape index (κ3) is 4.98. The van der Waals surface area contributed by atoms with Gasteiger partial charge < -0.3 is 4.74 Å². The van der Waals surface area contributed by atoms with Crippen molar-refractivity contribution in [1.29, 1.82) is 0 Å². The van der Waals surface area contributed by atoms with Crippen molar-refractivity contribution in [2.45, 2.75) is 19.6 Å². The van der Waals surface area contributed by atoms with Gasteiger partial charge in [0.05, 0.1) is 13.7 Å². The topological polar surface area (TPSA) is 42.4 Å². The molecule has 0 bridgehead atoms. The molecule has 128 valence electrons. The molecule has 0 aliphatic heterocycles. The maximum Gasteiger partial charge on any atom is 0.150 e. The van der Waals surface area contributed by atoms with Crippen LogP contribution < -0.4 is 4.74 Å². The van der Waals surface area contributed by atoms with Crippen molar-refractivity contribution in [3.8, 4) is 5.75 Å². The lowest BCUT2D eigenvalue weighted by Crippen LogP contribution is -2.22. The van der Waals surface area contributed by atoms with Crippen LogP contribution in [0.1, 0.15) is 26.5 Å². The van der Waals surface area contributed by atoms with Crippen LogP contribution in [0.4, 0.5) is 0 Å². The van der Waals surface area contributed by atoms with Gasteiger partial charge in [-0.25, -0.2) is 4.98 Å². The summed E-state index contributed by atoms with van der Waals surface area (Å²) in [6.07, 6.45) is 2.71. The summed E-state index contributed by atoms with van der Waals surface area (Å²) in [7, 11) is 1.67. The van der Waals surface area contributed by atoms with Crippen molar-refractivity contribution in [3.63, 3.8) is 0 Å². The largest absolute Gasteiger partial charge is 0.497 e. The zero-order valence-corrected chi connectivity index (χ0v) is 14.9. The van der Waals surface area contributed by atoms with E-state index in [0.717, 1.165) is 36.7 Å². The van der Waals surface area contributed by atoms with Gasteiger partial charge in [-0.3, -0.25) is 9.69 Å². The monoisotopic (exact) mass is 352 g/mol. The molecule has 3 aromatic rings. The summed E-state index contributed by atoms with van der Waals surface area (Å²) in [5.41, 5.74) is 3.10. The molecule has 1 aromatic heterocycles. The van der Waals surface area contributed by atoms with Crippen LogP contribution in [0.2, 0.25) is 0 Å². The van der Waals surface area contributed by atoms with Crippen LogP contribution >= 0.6 is 11.3 Å². The molecular weight excluding hydrogens is 332 g/mol. The number of nitrogens with zero attached hydrogens (tertiary/aromatic N) is 2. The summed E-state index contributed by atoms with van der Waals surface area (Å²) in [4.78, 5) is 17.6. The molecule has 5 heteroatoms. The molecule has 2 aromatic carbocycles. The van der Waals surface area contributed by atoms with Crippen LogP contribution in [0.15, 0.2) is 60.1 Å². The van der Waals surface area contributed by atoms with Gasteiger partial charge in [-0.2, -0.15) is 0 Å². The summed E-state index contributed by atoms with van der Waals surface area (Å²) in [6, 6.07) is 15.9. The Kier molecular flexibility index (Phi) is 5.93. The minimum absolute atomic E-state index is 0.699. The van der Waals surface area contributed by atoms with Gasteiger partial charge in [-0.05, 0) is 23.3 Å². The van der Waals surface area contributed by atoms with Gasteiger partial charge in [0.15, 0.2) is 0 Å². The maximum absolute atomic E-state index is 10.8. The Morgan fingerprint density at radius 1 is 1.00 bits per heavy atom. The quantitative estimate of drug-likeness (QED) is 0.571. The Morgan fingerprint density at radius 2 is 1.64 bits per heavy atom. The first-order chi connectivity index (χ1) is 12.3. The zero-order valence-electron chi connectivity index (χ0n) is 14.1. The standard InChI is InChI=1S/C20H20N2O2S/c1-24-19-8-6-17(7-9-19)13-22(14-20-21-10-11-25-20)12-16-2-4-18(15-23)5-3-16/h2-11,15H,12-14H2,1H3. The number of ether oxygens (including phenoxy) is 1. The first-order valence-corrected chi connectivity index (χ1v) is 8.92. The third-order valence-electron chi connectivity index (χ3n) is 3.93. The fraction of sp³-hybridized carbons (Fsp3) is 0.200. The predicted molar refractivity (Wildman–Crippen MR) is 99.9 cm³/mol. The number of benzene rings is 2. The summed E-state index contributed by atoms with van der Waals surface area (Å²) in [5, 5.41) is 3.10. The van der Waals surface area contributed by atoms with E-state index >= 15 is 0 Å². The van der Waals surface area contributed by atoms with Gasteiger partial charge in [0.25, 0.3) is 0 Å². The second-order valence-electron chi connectivity index (χ2n) is 5.78. The highest BCUT2D eigenvalue weighted by Gasteiger charge is 2.10. The van der Waals surface area contributed by atoms with E-state index in [-0.39, 0.29) is 0 Å². The molecule has 0 unspecified atom stereocenters. The SMILES string of the molecule is COc1ccc(CN(Cc2ccc(C=O)cc2)Cc2nccs2)cc1. The molecule has 3 rings (SSSR count). The molecule has 0 radical (unpaired) electrons. The average Bonchev–Trinajstić information content (AvgIpc) is 3.16. The molecule has 0 saturated carbocycles. The lowest BCUT2D eigenvalue weighted by Gasteiger charge is -2.21. The van der Waals surface area contributed by atoms with Crippen molar-refractivity contribution >= 4 is 17.6 Å². The number of hydrogen-bond acceptors (Lipinski definition) is 5. The smallest absolute Gasteiger partial charge is 0.150 e. The number of carbonyl (C=O) groups excluding carboxylic acids is 1. The van der Waals surface area contributed by atoms with Gasteiger partial charge in [0.2, 0.25) is 0 Å². The van der Waals surface area contributed by atoms with Crippen LogP contribution in [-0.4, -0.2) is 23.3 Å². The summed E-state index contributed by atoms with van der Waals surface area (Å²) >= 11 is 1.67. The molecule has 0 spiro atoms. The van der Waals surface area contributed by atoms with Crippen molar-refractivity contribution < 1.29 is 9.53 Å². The molecule has 0 atom stereocenters. The van der Waals surface area contributed by atoms with Crippen molar-refractivity contribution in [2.75, 3.05) is 7.11 Å². The minimum Gasteiger partial charge on any atom is -0.497 e. The highest BCUT2D eigenvalue weighted by molar-refractivity contribution is 7.09. The van der Waals surface area contributed by atoms with E-state index < -0.39 is 0 Å². The molecule has 25 heavy (non-hydrogen) atoms. The van der Waals surface area contributed by atoms with Gasteiger partial charge in [0.1, 0.15) is 17.0 Å². The van der Waals surface area contributed by atoms with Gasteiger partial charge in [0, 0.05) is 30.2 Å². The number of methoxy groups -OCH3 is 1. The van der Waals surface area contributed by atoms with E-state index in [4.69, 9.17) is 4.74 Å².